The molecule has 0 aliphatic heterocycles. The molecule has 3 aromatic carbocycles. The van der Waals surface area contributed by atoms with Gasteiger partial charge in [-0.05, 0) is 0 Å². The summed E-state index contributed by atoms with van der Waals surface area (Å²) in [5.74, 6) is -0.198. The van der Waals surface area contributed by atoms with Gasteiger partial charge in [-0.25, -0.2) is 8.42 Å². The monoisotopic (exact) mass is 504 g/mol. The Labute approximate surface area is 176 Å². The Morgan fingerprint density at radius 2 is 1.17 bits per heavy atom. The van der Waals surface area contributed by atoms with E-state index in [0.29, 0.717) is 0 Å². The summed E-state index contributed by atoms with van der Waals surface area (Å²) in [4.78, 5) is 2.29. The van der Waals surface area contributed by atoms with Crippen molar-refractivity contribution in [3.05, 3.63) is 101 Å². The Bertz CT molecular complexity index is 1010. The van der Waals surface area contributed by atoms with Crippen molar-refractivity contribution >= 4 is 39.0 Å². The zero-order valence-corrected chi connectivity index (χ0v) is 17.8. The van der Waals surface area contributed by atoms with Gasteiger partial charge in [0.1, 0.15) is 0 Å². The minimum atomic E-state index is -6.09. The van der Waals surface area contributed by atoms with E-state index in [2.05, 4.69) is 59.6 Å². The molecule has 0 unspecified atom stereocenters. The summed E-state index contributed by atoms with van der Waals surface area (Å²) < 4.78 is 74.6. The maximum atomic E-state index is 13.0. The molecule has 0 saturated heterocycles. The van der Waals surface area contributed by atoms with Gasteiger partial charge in [0.15, 0.2) is 10.1 Å². The number of alkyl halides is 3. The molecule has 0 N–H and O–H groups in total. The van der Waals surface area contributed by atoms with Gasteiger partial charge in [0.2, 0.25) is 0 Å². The molecular formula is C21H16F4O3SSe. The molecule has 3 aromatic rings. The number of benzene rings is 3. The minimum Gasteiger partial charge on any atom is -0.741 e. The van der Waals surface area contributed by atoms with Crippen LogP contribution in [0.15, 0.2) is 89.9 Å². The molecule has 9 heteroatoms. The Hall–Kier alpha value is -2.45. The van der Waals surface area contributed by atoms with Crippen LogP contribution in [0.2, 0.25) is 0 Å². The Kier molecular flexibility index (Phi) is 8.37. The summed E-state index contributed by atoms with van der Waals surface area (Å²) >= 11 is -1.25. The molecule has 0 saturated carbocycles. The van der Waals surface area contributed by atoms with Crippen LogP contribution >= 0.6 is 0 Å². The molecule has 0 amide bonds. The van der Waals surface area contributed by atoms with Gasteiger partial charge in [0.25, 0.3) is 0 Å². The molecule has 0 spiro atoms. The van der Waals surface area contributed by atoms with Crippen molar-refractivity contribution in [2.24, 2.45) is 0 Å². The topological polar surface area (TPSA) is 57.2 Å². The molecule has 0 aliphatic rings. The van der Waals surface area contributed by atoms with Gasteiger partial charge >= 0.3 is 140 Å². The standard InChI is InChI=1S/C20H16FSe.CHF3O3S/c21-18-13-11-17(12-14-18)15-16-22(19-7-3-1-4-8-19)20-9-5-2-6-10-20;2-1(3,4)8(5,6)7/h1-16H;(H,5,6,7)/q+1;/p-1/b16-15+;. The van der Waals surface area contributed by atoms with Crippen molar-refractivity contribution in [3.63, 3.8) is 0 Å². The fraction of sp³-hybridized carbons (Fsp3) is 0.0476. The van der Waals surface area contributed by atoms with Crippen LogP contribution in [0.4, 0.5) is 17.6 Å². The normalized spacial score (nSPS) is 11.9. The third kappa shape index (κ3) is 7.42. The fourth-order valence-corrected chi connectivity index (χ4v) is 5.88. The van der Waals surface area contributed by atoms with Crippen LogP contribution in [0, 0.1) is 5.82 Å². The van der Waals surface area contributed by atoms with Gasteiger partial charge in [-0.3, -0.25) is 0 Å². The molecule has 30 heavy (non-hydrogen) atoms. The van der Waals surface area contributed by atoms with E-state index in [1.165, 1.54) is 21.1 Å². The van der Waals surface area contributed by atoms with E-state index in [4.69, 9.17) is 13.0 Å². The van der Waals surface area contributed by atoms with Crippen LogP contribution in [0.5, 0.6) is 0 Å². The van der Waals surface area contributed by atoms with E-state index in [-0.39, 0.29) is 5.82 Å². The second kappa shape index (κ2) is 10.5. The zero-order valence-electron chi connectivity index (χ0n) is 15.3. The summed E-state index contributed by atoms with van der Waals surface area (Å²) in [6.45, 7) is 0. The molecule has 0 aliphatic carbocycles. The average molecular weight is 503 g/mol. The largest absolute Gasteiger partial charge is 0.741 e. The van der Waals surface area contributed by atoms with Crippen LogP contribution in [0.3, 0.4) is 0 Å². The van der Waals surface area contributed by atoms with Gasteiger partial charge in [0.05, 0.1) is 0 Å². The Morgan fingerprint density at radius 3 is 1.53 bits per heavy atom. The van der Waals surface area contributed by atoms with E-state index >= 15 is 0 Å². The molecule has 0 heterocycles. The van der Waals surface area contributed by atoms with Crippen LogP contribution < -0.4 is 8.92 Å². The van der Waals surface area contributed by atoms with Crippen LogP contribution in [0.1, 0.15) is 5.56 Å². The smallest absolute Gasteiger partial charge is 0.485 e. The maximum absolute atomic E-state index is 13.0. The third-order valence-electron chi connectivity index (χ3n) is 3.54. The summed E-state index contributed by atoms with van der Waals surface area (Å²) in [7, 11) is -6.09. The van der Waals surface area contributed by atoms with Crippen molar-refractivity contribution in [2.45, 2.75) is 5.51 Å². The van der Waals surface area contributed by atoms with Gasteiger partial charge in [-0.2, -0.15) is 13.2 Å². The zero-order chi connectivity index (χ0) is 22.2. The van der Waals surface area contributed by atoms with E-state index in [0.717, 1.165) is 5.56 Å². The second-order valence-corrected chi connectivity index (χ2v) is 11.1. The van der Waals surface area contributed by atoms with E-state index in [1.807, 2.05) is 24.3 Å². The third-order valence-corrected chi connectivity index (χ3v) is 8.24. The molecule has 3 nitrogen and oxygen atoms in total. The van der Waals surface area contributed by atoms with E-state index in [9.17, 15) is 17.6 Å². The Balaban J connectivity index is 0.000000343. The number of rotatable bonds is 4. The first-order chi connectivity index (χ1) is 14.1. The predicted molar refractivity (Wildman–Crippen MR) is 109 cm³/mol. The molecule has 0 radical (unpaired) electrons. The maximum Gasteiger partial charge on any atom is 0.485 e. The Morgan fingerprint density at radius 1 is 0.767 bits per heavy atom. The summed E-state index contributed by atoms with van der Waals surface area (Å²) in [5.41, 5.74) is -4.62. The predicted octanol–water partition coefficient (Wildman–Crippen LogP) is 3.74. The molecule has 0 atom stereocenters. The van der Waals surface area contributed by atoms with Crippen molar-refractivity contribution < 1.29 is 30.5 Å². The van der Waals surface area contributed by atoms with Crippen LogP contribution in [0.25, 0.3) is 6.08 Å². The first-order valence-corrected chi connectivity index (χ1v) is 12.5. The summed E-state index contributed by atoms with van der Waals surface area (Å²) in [5, 5.41) is 0. The molecule has 3 rings (SSSR count). The fourth-order valence-electron chi connectivity index (χ4n) is 2.15. The van der Waals surface area contributed by atoms with Gasteiger partial charge in [-0.15, -0.1) is 0 Å². The van der Waals surface area contributed by atoms with Crippen LogP contribution in [-0.4, -0.2) is 32.4 Å². The van der Waals surface area contributed by atoms with Gasteiger partial charge < -0.3 is 4.55 Å². The second-order valence-electron chi connectivity index (χ2n) is 5.72. The van der Waals surface area contributed by atoms with Gasteiger partial charge in [-0.1, -0.05) is 0 Å². The number of halogens is 4. The average Bonchev–Trinajstić information content (AvgIpc) is 2.70. The SMILES string of the molecule is Fc1ccc(/C=C/[Se+](c2ccccc2)c2ccccc2)cc1.O=S(=O)([O-])C(F)(F)F. The van der Waals surface area contributed by atoms with Crippen molar-refractivity contribution in [3.8, 4) is 0 Å². The van der Waals surface area contributed by atoms with Crippen molar-refractivity contribution in [1.29, 1.82) is 0 Å². The molecular weight excluding hydrogens is 487 g/mol. The summed E-state index contributed by atoms with van der Waals surface area (Å²) in [6.07, 6.45) is 2.10. The molecule has 0 aromatic heterocycles. The number of hydrogen-bond acceptors (Lipinski definition) is 3. The quantitative estimate of drug-likeness (QED) is 0.236. The summed E-state index contributed by atoms with van der Waals surface area (Å²) in [6, 6.07) is 27.8. The van der Waals surface area contributed by atoms with E-state index < -0.39 is 29.5 Å². The molecule has 0 fully saturated rings. The van der Waals surface area contributed by atoms with Crippen LogP contribution in [-0.2, 0) is 10.1 Å². The van der Waals surface area contributed by atoms with Crippen molar-refractivity contribution in [2.75, 3.05) is 0 Å². The number of hydrogen-bond donors (Lipinski definition) is 0. The van der Waals surface area contributed by atoms with Gasteiger partial charge in [0, 0.05) is 0 Å². The van der Waals surface area contributed by atoms with E-state index in [1.54, 1.807) is 0 Å². The minimum absolute atomic E-state index is 0.198. The van der Waals surface area contributed by atoms with Crippen molar-refractivity contribution in [1.82, 2.24) is 0 Å². The first-order valence-electron chi connectivity index (χ1n) is 8.37. The molecule has 158 valence electrons. The molecule has 0 bridgehead atoms. The first kappa shape index (κ1) is 23.8.